The highest BCUT2D eigenvalue weighted by molar-refractivity contribution is 5.98. The lowest BCUT2D eigenvalue weighted by Gasteiger charge is -2.02. The fourth-order valence-electron chi connectivity index (χ4n) is 1.99. The number of nitrogens with one attached hydrogen (secondary N) is 3. The summed E-state index contributed by atoms with van der Waals surface area (Å²) in [7, 11) is 0. The number of hydrogen-bond acceptors (Lipinski definition) is 4. The van der Waals surface area contributed by atoms with Crippen LogP contribution in [0.2, 0.25) is 0 Å². The van der Waals surface area contributed by atoms with Gasteiger partial charge in [-0.1, -0.05) is 12.1 Å². The predicted octanol–water partition coefficient (Wildman–Crippen LogP) is 0.841. The molecule has 3 aromatic rings. The van der Waals surface area contributed by atoms with E-state index in [-0.39, 0.29) is 11.7 Å². The van der Waals surface area contributed by atoms with E-state index in [0.717, 1.165) is 16.9 Å². The number of benzene rings is 1. The summed E-state index contributed by atoms with van der Waals surface area (Å²) in [4.78, 5) is 19.5. The van der Waals surface area contributed by atoms with Crippen molar-refractivity contribution in [1.82, 2.24) is 25.5 Å². The topological polar surface area (TPSA) is 112 Å². The quantitative estimate of drug-likeness (QED) is 0.562. The Hall–Kier alpha value is -2.83. The van der Waals surface area contributed by atoms with E-state index in [1.54, 1.807) is 0 Å². The van der Waals surface area contributed by atoms with Crippen molar-refractivity contribution in [1.29, 1.82) is 0 Å². The van der Waals surface area contributed by atoms with Gasteiger partial charge in [-0.15, -0.1) is 0 Å². The second-order valence-corrected chi connectivity index (χ2v) is 4.40. The van der Waals surface area contributed by atoms with Crippen molar-refractivity contribution in [3.63, 3.8) is 0 Å². The SMILES string of the molecule is Nc1[nH]ncc1C(=O)NCCc1nc2ccccc2[nH]1. The van der Waals surface area contributed by atoms with Gasteiger partial charge < -0.3 is 16.0 Å². The fourth-order valence-corrected chi connectivity index (χ4v) is 1.99. The number of hydrogen-bond donors (Lipinski definition) is 4. The van der Waals surface area contributed by atoms with E-state index in [9.17, 15) is 4.79 Å². The number of aromatic nitrogens is 4. The van der Waals surface area contributed by atoms with Crippen LogP contribution in [0.5, 0.6) is 0 Å². The highest BCUT2D eigenvalue weighted by Gasteiger charge is 2.11. The number of carbonyl (C=O) groups excluding carboxylic acids is 1. The van der Waals surface area contributed by atoms with Gasteiger partial charge in [-0.2, -0.15) is 5.10 Å². The summed E-state index contributed by atoms with van der Waals surface area (Å²) in [6.07, 6.45) is 2.03. The Labute approximate surface area is 114 Å². The van der Waals surface area contributed by atoms with Crippen LogP contribution >= 0.6 is 0 Å². The molecule has 0 spiro atoms. The average molecular weight is 270 g/mol. The Bertz CT molecular complexity index is 711. The summed E-state index contributed by atoms with van der Waals surface area (Å²) in [6, 6.07) is 7.81. The zero-order chi connectivity index (χ0) is 13.9. The van der Waals surface area contributed by atoms with Crippen LogP contribution < -0.4 is 11.1 Å². The molecule has 1 aromatic carbocycles. The molecular formula is C13H14N6O. The van der Waals surface area contributed by atoms with Crippen LogP contribution in [0, 0.1) is 0 Å². The first-order valence-electron chi connectivity index (χ1n) is 6.24. The van der Waals surface area contributed by atoms with Crippen molar-refractivity contribution >= 4 is 22.8 Å². The first kappa shape index (κ1) is 12.2. The van der Waals surface area contributed by atoms with Crippen LogP contribution in [0.25, 0.3) is 11.0 Å². The average Bonchev–Trinajstić information content (AvgIpc) is 3.04. The molecule has 0 unspecified atom stereocenters. The van der Waals surface area contributed by atoms with Gasteiger partial charge in [-0.05, 0) is 12.1 Å². The molecule has 5 N–H and O–H groups in total. The molecule has 0 aliphatic heterocycles. The molecular weight excluding hydrogens is 256 g/mol. The predicted molar refractivity (Wildman–Crippen MR) is 75.1 cm³/mol. The molecule has 1 amide bonds. The van der Waals surface area contributed by atoms with Gasteiger partial charge in [0, 0.05) is 13.0 Å². The smallest absolute Gasteiger partial charge is 0.256 e. The molecule has 0 fully saturated rings. The van der Waals surface area contributed by atoms with Gasteiger partial charge in [0.15, 0.2) is 0 Å². The number of anilines is 1. The van der Waals surface area contributed by atoms with Crippen molar-refractivity contribution < 1.29 is 4.79 Å². The summed E-state index contributed by atoms with van der Waals surface area (Å²) in [5.74, 6) is 0.866. The molecule has 7 heteroatoms. The van der Waals surface area contributed by atoms with Gasteiger partial charge in [-0.3, -0.25) is 9.89 Å². The van der Waals surface area contributed by atoms with E-state index < -0.39 is 0 Å². The summed E-state index contributed by atoms with van der Waals surface area (Å²) >= 11 is 0. The largest absolute Gasteiger partial charge is 0.383 e. The standard InChI is InChI=1S/C13H14N6O/c14-12-8(7-16-19-12)13(20)15-6-5-11-17-9-3-1-2-4-10(9)18-11/h1-4,7H,5-6H2,(H,15,20)(H,17,18)(H3,14,16,19). The Balaban J connectivity index is 1.60. The number of nitrogens with zero attached hydrogens (tertiary/aromatic N) is 2. The molecule has 3 rings (SSSR count). The first-order chi connectivity index (χ1) is 9.74. The number of rotatable bonds is 4. The van der Waals surface area contributed by atoms with E-state index in [1.165, 1.54) is 6.20 Å². The lowest BCUT2D eigenvalue weighted by atomic mass is 10.3. The molecule has 0 aliphatic rings. The van der Waals surface area contributed by atoms with Crippen LogP contribution in [0.1, 0.15) is 16.2 Å². The zero-order valence-electron chi connectivity index (χ0n) is 10.7. The number of para-hydroxylation sites is 2. The lowest BCUT2D eigenvalue weighted by Crippen LogP contribution is -2.26. The molecule has 2 aromatic heterocycles. The van der Waals surface area contributed by atoms with Gasteiger partial charge >= 0.3 is 0 Å². The number of amides is 1. The lowest BCUT2D eigenvalue weighted by molar-refractivity contribution is 0.0955. The number of H-pyrrole nitrogens is 2. The Morgan fingerprint density at radius 1 is 1.35 bits per heavy atom. The van der Waals surface area contributed by atoms with Crippen molar-refractivity contribution in [3.05, 3.63) is 41.9 Å². The number of nitrogen functional groups attached to an aromatic ring is 1. The minimum atomic E-state index is -0.243. The molecule has 20 heavy (non-hydrogen) atoms. The summed E-state index contributed by atoms with van der Waals surface area (Å²) in [6.45, 7) is 0.475. The van der Waals surface area contributed by atoms with Gasteiger partial charge in [0.05, 0.1) is 17.2 Å². The molecule has 0 saturated heterocycles. The van der Waals surface area contributed by atoms with Gasteiger partial charge in [-0.25, -0.2) is 4.98 Å². The second-order valence-electron chi connectivity index (χ2n) is 4.40. The molecule has 0 radical (unpaired) electrons. The number of nitrogens with two attached hydrogens (primary N) is 1. The van der Waals surface area contributed by atoms with E-state index in [2.05, 4.69) is 25.5 Å². The van der Waals surface area contributed by atoms with Crippen LogP contribution in [0.15, 0.2) is 30.5 Å². The highest BCUT2D eigenvalue weighted by atomic mass is 16.1. The van der Waals surface area contributed by atoms with Crippen molar-refractivity contribution in [2.24, 2.45) is 0 Å². The molecule has 2 heterocycles. The molecule has 0 bridgehead atoms. The Morgan fingerprint density at radius 3 is 2.95 bits per heavy atom. The molecule has 0 aliphatic carbocycles. The number of aromatic amines is 2. The summed E-state index contributed by atoms with van der Waals surface area (Å²) in [5.41, 5.74) is 7.85. The van der Waals surface area contributed by atoms with E-state index >= 15 is 0 Å². The van der Waals surface area contributed by atoms with Crippen LogP contribution in [0.3, 0.4) is 0 Å². The maximum absolute atomic E-state index is 11.8. The molecule has 0 atom stereocenters. The monoisotopic (exact) mass is 270 g/mol. The maximum Gasteiger partial charge on any atom is 0.256 e. The Kier molecular flexibility index (Phi) is 3.08. The van der Waals surface area contributed by atoms with E-state index in [1.807, 2.05) is 24.3 Å². The van der Waals surface area contributed by atoms with E-state index in [0.29, 0.717) is 18.5 Å². The third-order valence-corrected chi connectivity index (χ3v) is 3.00. The van der Waals surface area contributed by atoms with Gasteiger partial charge in [0.25, 0.3) is 5.91 Å². The zero-order valence-corrected chi connectivity index (χ0v) is 10.7. The highest BCUT2D eigenvalue weighted by Crippen LogP contribution is 2.10. The minimum absolute atomic E-state index is 0.243. The van der Waals surface area contributed by atoms with Crippen LogP contribution in [-0.4, -0.2) is 32.6 Å². The number of carbonyl (C=O) groups is 1. The second kappa shape index (κ2) is 5.04. The molecule has 0 saturated carbocycles. The third kappa shape index (κ3) is 2.33. The number of imidazole rings is 1. The fraction of sp³-hybridized carbons (Fsp3) is 0.154. The van der Waals surface area contributed by atoms with Crippen LogP contribution in [-0.2, 0) is 6.42 Å². The van der Waals surface area contributed by atoms with Crippen LogP contribution in [0.4, 0.5) is 5.82 Å². The van der Waals surface area contributed by atoms with Crippen molar-refractivity contribution in [2.45, 2.75) is 6.42 Å². The Morgan fingerprint density at radius 2 is 2.20 bits per heavy atom. The summed E-state index contributed by atoms with van der Waals surface area (Å²) in [5, 5.41) is 9.01. The summed E-state index contributed by atoms with van der Waals surface area (Å²) < 4.78 is 0. The molecule has 7 nitrogen and oxygen atoms in total. The third-order valence-electron chi connectivity index (χ3n) is 3.00. The normalized spacial score (nSPS) is 10.8. The minimum Gasteiger partial charge on any atom is -0.383 e. The first-order valence-corrected chi connectivity index (χ1v) is 6.24. The maximum atomic E-state index is 11.8. The van der Waals surface area contributed by atoms with E-state index in [4.69, 9.17) is 5.73 Å². The van der Waals surface area contributed by atoms with Crippen molar-refractivity contribution in [2.75, 3.05) is 12.3 Å². The molecule has 102 valence electrons. The van der Waals surface area contributed by atoms with Gasteiger partial charge in [0.1, 0.15) is 17.2 Å². The van der Waals surface area contributed by atoms with Crippen molar-refractivity contribution in [3.8, 4) is 0 Å². The van der Waals surface area contributed by atoms with Gasteiger partial charge in [0.2, 0.25) is 0 Å². The number of fused-ring (bicyclic) bond motifs is 1.